The number of amides is 1. The van der Waals surface area contributed by atoms with Crippen LogP contribution in [-0.2, 0) is 24.1 Å². The van der Waals surface area contributed by atoms with Crippen LogP contribution in [0.1, 0.15) is 68.9 Å². The number of likely N-dealkylation sites (tertiary alicyclic amines) is 1. The molecule has 1 aliphatic heterocycles. The fraction of sp³-hybridized carbons (Fsp3) is 0.519. The van der Waals surface area contributed by atoms with Gasteiger partial charge in [0.1, 0.15) is 4.83 Å². The number of nitrogens with zero attached hydrogens (tertiary/aromatic N) is 3. The molecule has 0 N–H and O–H groups in total. The van der Waals surface area contributed by atoms with Gasteiger partial charge in [0.2, 0.25) is 5.91 Å². The van der Waals surface area contributed by atoms with Crippen molar-refractivity contribution in [3.8, 4) is 5.69 Å². The Morgan fingerprint density at radius 2 is 1.79 bits per heavy atom. The van der Waals surface area contributed by atoms with Gasteiger partial charge in [0, 0.05) is 17.0 Å². The number of thiophene rings is 1. The minimum Gasteiger partial charge on any atom is -0.337 e. The highest BCUT2D eigenvalue weighted by molar-refractivity contribution is 7.99. The Labute approximate surface area is 209 Å². The van der Waals surface area contributed by atoms with Crippen LogP contribution < -0.4 is 5.56 Å². The molecule has 0 radical (unpaired) electrons. The van der Waals surface area contributed by atoms with Crippen molar-refractivity contribution in [1.82, 2.24) is 14.5 Å². The molecule has 1 aromatic carbocycles. The molecular formula is C27H33N3O2S2. The molecule has 1 saturated heterocycles. The van der Waals surface area contributed by atoms with Crippen molar-refractivity contribution < 1.29 is 4.79 Å². The van der Waals surface area contributed by atoms with Gasteiger partial charge in [-0.1, -0.05) is 30.8 Å². The molecule has 1 amide bonds. The summed E-state index contributed by atoms with van der Waals surface area (Å²) in [5, 5.41) is 1.40. The maximum absolute atomic E-state index is 13.9. The molecule has 1 aliphatic carbocycles. The third kappa shape index (κ3) is 4.33. The second-order valence-electron chi connectivity index (χ2n) is 9.66. The second kappa shape index (κ2) is 9.86. The quantitative estimate of drug-likeness (QED) is 0.333. The van der Waals surface area contributed by atoms with Gasteiger partial charge < -0.3 is 4.90 Å². The van der Waals surface area contributed by atoms with E-state index in [1.807, 2.05) is 17.0 Å². The summed E-state index contributed by atoms with van der Waals surface area (Å²) in [6.45, 7) is 6.41. The Kier molecular flexibility index (Phi) is 6.85. The lowest BCUT2D eigenvalue weighted by atomic mass is 9.97. The zero-order chi connectivity index (χ0) is 23.8. The van der Waals surface area contributed by atoms with Gasteiger partial charge in [0.15, 0.2) is 5.16 Å². The van der Waals surface area contributed by atoms with Crippen LogP contribution in [0.15, 0.2) is 34.2 Å². The SMILES string of the molecule is CCc1ccc(-n2c(SCC(=O)N3[C@H](C)CCC[C@@H]3C)nc3sc4c(c3c2=O)CCCC4)cc1. The van der Waals surface area contributed by atoms with Crippen molar-refractivity contribution in [2.24, 2.45) is 0 Å². The predicted molar refractivity (Wildman–Crippen MR) is 142 cm³/mol. The van der Waals surface area contributed by atoms with Gasteiger partial charge in [-0.2, -0.15) is 0 Å². The molecule has 0 bridgehead atoms. The zero-order valence-electron chi connectivity index (χ0n) is 20.3. The minimum atomic E-state index is 0.00306. The maximum atomic E-state index is 13.9. The molecule has 2 atom stereocenters. The highest BCUT2D eigenvalue weighted by Crippen LogP contribution is 2.35. The summed E-state index contributed by atoms with van der Waals surface area (Å²) in [7, 11) is 0. The summed E-state index contributed by atoms with van der Waals surface area (Å²) in [4.78, 5) is 36.3. The molecule has 34 heavy (non-hydrogen) atoms. The van der Waals surface area contributed by atoms with E-state index in [0.717, 1.165) is 54.4 Å². The van der Waals surface area contributed by atoms with Crippen molar-refractivity contribution in [3.05, 3.63) is 50.6 Å². The van der Waals surface area contributed by atoms with Crippen LogP contribution in [0.3, 0.4) is 0 Å². The molecule has 0 saturated carbocycles. The topological polar surface area (TPSA) is 55.2 Å². The molecule has 1 fully saturated rings. The van der Waals surface area contributed by atoms with E-state index >= 15 is 0 Å². The first kappa shape index (κ1) is 23.6. The van der Waals surface area contributed by atoms with Gasteiger partial charge in [-0.15, -0.1) is 11.3 Å². The molecule has 7 heteroatoms. The average molecular weight is 496 g/mol. The lowest BCUT2D eigenvalue weighted by Gasteiger charge is -2.39. The summed E-state index contributed by atoms with van der Waals surface area (Å²) in [5.74, 6) is 0.433. The van der Waals surface area contributed by atoms with E-state index in [-0.39, 0.29) is 23.6 Å². The molecule has 0 spiro atoms. The molecule has 3 heterocycles. The van der Waals surface area contributed by atoms with Crippen molar-refractivity contribution in [2.75, 3.05) is 5.75 Å². The van der Waals surface area contributed by atoms with Crippen LogP contribution in [0.25, 0.3) is 15.9 Å². The van der Waals surface area contributed by atoms with Crippen molar-refractivity contribution in [3.63, 3.8) is 0 Å². The monoisotopic (exact) mass is 495 g/mol. The summed E-state index contributed by atoms with van der Waals surface area (Å²) >= 11 is 3.07. The van der Waals surface area contributed by atoms with E-state index in [9.17, 15) is 9.59 Å². The van der Waals surface area contributed by atoms with Crippen molar-refractivity contribution in [2.45, 2.75) is 89.4 Å². The third-order valence-electron chi connectivity index (χ3n) is 7.37. The molecule has 2 aromatic heterocycles. The molecular weight excluding hydrogens is 462 g/mol. The number of fused-ring (bicyclic) bond motifs is 3. The first-order chi connectivity index (χ1) is 16.5. The lowest BCUT2D eigenvalue weighted by Crippen LogP contribution is -2.48. The predicted octanol–water partition coefficient (Wildman–Crippen LogP) is 5.77. The van der Waals surface area contributed by atoms with Crippen molar-refractivity contribution in [1.29, 1.82) is 0 Å². The number of hydrogen-bond donors (Lipinski definition) is 0. The number of hydrogen-bond acceptors (Lipinski definition) is 5. The van der Waals surface area contributed by atoms with E-state index in [1.54, 1.807) is 15.9 Å². The standard InChI is InChI=1S/C27H33N3O2S2/c1-4-19-12-14-20(15-13-19)30-26(32)24-21-10-5-6-11-22(21)34-25(24)28-27(30)33-16-23(31)29-17(2)8-7-9-18(29)3/h12-15,17-18H,4-11,16H2,1-3H3/t17-,18+. The van der Waals surface area contributed by atoms with Crippen LogP contribution in [0.4, 0.5) is 0 Å². The Morgan fingerprint density at radius 1 is 1.09 bits per heavy atom. The van der Waals surface area contributed by atoms with E-state index in [4.69, 9.17) is 4.98 Å². The smallest absolute Gasteiger partial charge is 0.267 e. The minimum absolute atomic E-state index is 0.00306. The molecule has 3 aromatic rings. The van der Waals surface area contributed by atoms with Crippen LogP contribution >= 0.6 is 23.1 Å². The number of carbonyl (C=O) groups is 1. The van der Waals surface area contributed by atoms with Crippen LogP contribution in [0.5, 0.6) is 0 Å². The number of piperidine rings is 1. The van der Waals surface area contributed by atoms with Crippen molar-refractivity contribution >= 4 is 39.2 Å². The Bertz CT molecular complexity index is 1250. The summed E-state index contributed by atoms with van der Waals surface area (Å²) in [5.41, 5.74) is 3.26. The maximum Gasteiger partial charge on any atom is 0.267 e. The van der Waals surface area contributed by atoms with E-state index in [0.29, 0.717) is 10.9 Å². The molecule has 5 rings (SSSR count). The number of aromatic nitrogens is 2. The molecule has 2 aliphatic rings. The fourth-order valence-electron chi connectivity index (χ4n) is 5.51. The average Bonchev–Trinajstić information content (AvgIpc) is 3.21. The van der Waals surface area contributed by atoms with E-state index in [2.05, 4.69) is 32.9 Å². The van der Waals surface area contributed by atoms with E-state index in [1.165, 1.54) is 40.6 Å². The summed E-state index contributed by atoms with van der Waals surface area (Å²) in [6, 6.07) is 8.69. The Balaban J connectivity index is 1.55. The summed E-state index contributed by atoms with van der Waals surface area (Å²) in [6.07, 6.45) is 8.53. The van der Waals surface area contributed by atoms with Gasteiger partial charge in [-0.25, -0.2) is 4.98 Å². The fourth-order valence-corrected chi connectivity index (χ4v) is 7.69. The van der Waals surface area contributed by atoms with Gasteiger partial charge in [0.25, 0.3) is 5.56 Å². The van der Waals surface area contributed by atoms with Gasteiger partial charge in [-0.3, -0.25) is 14.2 Å². The van der Waals surface area contributed by atoms with Crippen LogP contribution in [0, 0.1) is 0 Å². The van der Waals surface area contributed by atoms with Crippen LogP contribution in [0.2, 0.25) is 0 Å². The normalized spacial score (nSPS) is 20.5. The Morgan fingerprint density at radius 3 is 2.50 bits per heavy atom. The first-order valence-corrected chi connectivity index (χ1v) is 14.4. The largest absolute Gasteiger partial charge is 0.337 e. The lowest BCUT2D eigenvalue weighted by molar-refractivity contribution is -0.134. The summed E-state index contributed by atoms with van der Waals surface area (Å²) < 4.78 is 1.74. The molecule has 180 valence electrons. The number of carbonyl (C=O) groups excluding carboxylic acids is 1. The van der Waals surface area contributed by atoms with E-state index < -0.39 is 0 Å². The number of thioether (sulfide) groups is 1. The highest BCUT2D eigenvalue weighted by atomic mass is 32.2. The number of benzene rings is 1. The third-order valence-corrected chi connectivity index (χ3v) is 9.48. The molecule has 0 unspecified atom stereocenters. The van der Waals surface area contributed by atoms with Crippen LogP contribution in [-0.4, -0.2) is 38.2 Å². The van der Waals surface area contributed by atoms with Gasteiger partial charge >= 0.3 is 0 Å². The van der Waals surface area contributed by atoms with Gasteiger partial charge in [0.05, 0.1) is 16.8 Å². The molecule has 5 nitrogen and oxygen atoms in total. The number of rotatable bonds is 5. The second-order valence-corrected chi connectivity index (χ2v) is 11.7. The Hall–Kier alpha value is -2.12. The van der Waals surface area contributed by atoms with Gasteiger partial charge in [-0.05, 0) is 88.5 Å². The first-order valence-electron chi connectivity index (χ1n) is 12.6. The highest BCUT2D eigenvalue weighted by Gasteiger charge is 2.29. The number of aryl methyl sites for hydroxylation is 3. The zero-order valence-corrected chi connectivity index (χ0v) is 21.9.